The van der Waals surface area contributed by atoms with Gasteiger partial charge in [-0.2, -0.15) is 0 Å². The van der Waals surface area contributed by atoms with Crippen LogP contribution in [-0.2, 0) is 10.0 Å². The Hall–Kier alpha value is -0.100. The maximum atomic E-state index is 10.9. The normalized spacial score (nSPS) is 11.6. The minimum Gasteiger partial charge on any atom is -0.225 e. The molecule has 1 aromatic carbocycles. The number of rotatable bonds is 1. The van der Waals surface area contributed by atoms with Gasteiger partial charge in [-0.25, -0.2) is 13.6 Å². The Kier molecular flexibility index (Phi) is 2.77. The summed E-state index contributed by atoms with van der Waals surface area (Å²) in [7, 11) is -3.66. The van der Waals surface area contributed by atoms with E-state index in [0.717, 1.165) is 0 Å². The number of hydrogen-bond donors (Lipinski definition) is 1. The molecule has 6 heteroatoms. The maximum absolute atomic E-state index is 10.9. The summed E-state index contributed by atoms with van der Waals surface area (Å²) in [4.78, 5) is 0.0342. The average molecular weight is 271 g/mol. The summed E-state index contributed by atoms with van der Waals surface area (Å²) < 4.78 is 22.1. The molecule has 0 bridgehead atoms. The van der Waals surface area contributed by atoms with Crippen LogP contribution in [0.15, 0.2) is 27.6 Å². The van der Waals surface area contributed by atoms with Crippen molar-refractivity contribution in [2.75, 3.05) is 0 Å². The third-order valence-corrected chi connectivity index (χ3v) is 3.32. The van der Waals surface area contributed by atoms with E-state index in [1.807, 2.05) is 0 Å². The van der Waals surface area contributed by atoms with Gasteiger partial charge in [0, 0.05) is 9.50 Å². The average Bonchev–Trinajstić information content (AvgIpc) is 1.83. The molecule has 3 nitrogen and oxygen atoms in total. The first-order valence-electron chi connectivity index (χ1n) is 2.89. The van der Waals surface area contributed by atoms with Crippen LogP contribution in [0.4, 0.5) is 0 Å². The molecule has 0 heterocycles. The summed E-state index contributed by atoms with van der Waals surface area (Å²) in [5, 5.41) is 5.36. The first kappa shape index (κ1) is 9.98. The molecule has 0 radical (unpaired) electrons. The summed E-state index contributed by atoms with van der Waals surface area (Å²) in [6.45, 7) is 0. The highest BCUT2D eigenvalue weighted by Gasteiger charge is 2.11. The molecule has 0 saturated heterocycles. The molecule has 1 aromatic rings. The quantitative estimate of drug-likeness (QED) is 0.845. The zero-order valence-corrected chi connectivity index (χ0v) is 8.95. The third kappa shape index (κ3) is 2.20. The maximum Gasteiger partial charge on any atom is 0.239 e. The number of halogens is 2. The van der Waals surface area contributed by atoms with Crippen molar-refractivity contribution >= 4 is 37.6 Å². The van der Waals surface area contributed by atoms with Crippen molar-refractivity contribution in [3.63, 3.8) is 0 Å². The molecule has 0 fully saturated rings. The van der Waals surface area contributed by atoms with Crippen LogP contribution in [0.25, 0.3) is 0 Å². The van der Waals surface area contributed by atoms with Gasteiger partial charge >= 0.3 is 0 Å². The van der Waals surface area contributed by atoms with Crippen LogP contribution < -0.4 is 5.14 Å². The van der Waals surface area contributed by atoms with Crippen molar-refractivity contribution in [3.05, 3.63) is 27.7 Å². The summed E-state index contributed by atoms with van der Waals surface area (Å²) in [5.74, 6) is 0. The molecule has 0 atom stereocenters. The van der Waals surface area contributed by atoms with Crippen LogP contribution in [0.5, 0.6) is 0 Å². The van der Waals surface area contributed by atoms with E-state index in [2.05, 4.69) is 15.9 Å². The van der Waals surface area contributed by atoms with Gasteiger partial charge in [0.15, 0.2) is 0 Å². The van der Waals surface area contributed by atoms with Gasteiger partial charge in [0.05, 0.1) is 4.90 Å². The van der Waals surface area contributed by atoms with Gasteiger partial charge in [0.2, 0.25) is 10.0 Å². The zero-order valence-electron chi connectivity index (χ0n) is 5.79. The van der Waals surface area contributed by atoms with Crippen molar-refractivity contribution in [3.8, 4) is 0 Å². The van der Waals surface area contributed by atoms with Crippen molar-refractivity contribution < 1.29 is 8.42 Å². The van der Waals surface area contributed by atoms with Gasteiger partial charge in [-0.15, -0.1) is 0 Å². The highest BCUT2D eigenvalue weighted by molar-refractivity contribution is 9.10. The van der Waals surface area contributed by atoms with Gasteiger partial charge in [-0.3, -0.25) is 0 Å². The zero-order chi connectivity index (χ0) is 9.35. The SMILES string of the molecule is NS(=O)(=O)c1ccc(Cl)cc1Br. The Morgan fingerprint density at radius 2 is 2.00 bits per heavy atom. The molecular formula is C6H5BrClNO2S. The van der Waals surface area contributed by atoms with E-state index >= 15 is 0 Å². The summed E-state index contributed by atoms with van der Waals surface area (Å²) >= 11 is 8.64. The summed E-state index contributed by atoms with van der Waals surface area (Å²) in [6.07, 6.45) is 0. The van der Waals surface area contributed by atoms with Gasteiger partial charge in [-0.1, -0.05) is 11.6 Å². The minimum atomic E-state index is -3.66. The lowest BCUT2D eigenvalue weighted by Gasteiger charge is -2.00. The number of benzene rings is 1. The first-order valence-corrected chi connectivity index (χ1v) is 5.61. The van der Waals surface area contributed by atoms with Gasteiger partial charge in [0.1, 0.15) is 0 Å². The van der Waals surface area contributed by atoms with E-state index in [9.17, 15) is 8.42 Å². The van der Waals surface area contributed by atoms with Crippen LogP contribution >= 0.6 is 27.5 Å². The molecule has 2 N–H and O–H groups in total. The van der Waals surface area contributed by atoms with Crippen molar-refractivity contribution in [1.82, 2.24) is 0 Å². The summed E-state index contributed by atoms with van der Waals surface area (Å²) in [6, 6.07) is 4.29. The Balaban J connectivity index is 3.39. The van der Waals surface area contributed by atoms with Crippen molar-refractivity contribution in [2.45, 2.75) is 4.90 Å². The van der Waals surface area contributed by atoms with E-state index in [1.165, 1.54) is 18.2 Å². The van der Waals surface area contributed by atoms with E-state index in [1.54, 1.807) is 0 Å². The van der Waals surface area contributed by atoms with Crippen LogP contribution in [-0.4, -0.2) is 8.42 Å². The molecule has 1 rings (SSSR count). The van der Waals surface area contributed by atoms with Crippen LogP contribution in [0.1, 0.15) is 0 Å². The lowest BCUT2D eigenvalue weighted by atomic mass is 10.4. The van der Waals surface area contributed by atoms with E-state index in [-0.39, 0.29) is 4.90 Å². The summed E-state index contributed by atoms with van der Waals surface area (Å²) in [5.41, 5.74) is 0. The van der Waals surface area contributed by atoms with Gasteiger partial charge in [-0.05, 0) is 34.1 Å². The number of hydrogen-bond acceptors (Lipinski definition) is 2. The molecule has 0 aliphatic heterocycles. The fraction of sp³-hybridized carbons (Fsp3) is 0. The second kappa shape index (κ2) is 3.33. The highest BCUT2D eigenvalue weighted by Crippen LogP contribution is 2.24. The Morgan fingerprint density at radius 1 is 1.42 bits per heavy atom. The fourth-order valence-corrected chi connectivity index (χ4v) is 2.65. The second-order valence-electron chi connectivity index (χ2n) is 2.12. The molecule has 0 amide bonds. The van der Waals surface area contributed by atoms with Crippen molar-refractivity contribution in [1.29, 1.82) is 0 Å². The smallest absolute Gasteiger partial charge is 0.225 e. The Morgan fingerprint density at radius 3 is 2.42 bits per heavy atom. The number of sulfonamides is 1. The predicted molar refractivity (Wildman–Crippen MR) is 50.5 cm³/mol. The fourth-order valence-electron chi connectivity index (χ4n) is 0.706. The second-order valence-corrected chi connectivity index (χ2v) is 4.94. The largest absolute Gasteiger partial charge is 0.239 e. The Bertz CT molecular complexity index is 404. The van der Waals surface area contributed by atoms with Gasteiger partial charge in [0.25, 0.3) is 0 Å². The minimum absolute atomic E-state index is 0.0342. The number of nitrogens with two attached hydrogens (primary N) is 1. The third-order valence-electron chi connectivity index (χ3n) is 1.20. The molecule has 0 aliphatic carbocycles. The van der Waals surface area contributed by atoms with Crippen LogP contribution in [0, 0.1) is 0 Å². The van der Waals surface area contributed by atoms with E-state index in [4.69, 9.17) is 16.7 Å². The molecule has 0 aromatic heterocycles. The monoisotopic (exact) mass is 269 g/mol. The van der Waals surface area contributed by atoms with Crippen LogP contribution in [0.2, 0.25) is 5.02 Å². The molecule has 66 valence electrons. The number of primary sulfonamides is 1. The lowest BCUT2D eigenvalue weighted by molar-refractivity contribution is 0.597. The Labute approximate surface area is 83.7 Å². The lowest BCUT2D eigenvalue weighted by Crippen LogP contribution is -2.12. The first-order chi connectivity index (χ1) is 5.41. The topological polar surface area (TPSA) is 60.2 Å². The molecule has 0 spiro atoms. The van der Waals surface area contributed by atoms with E-state index in [0.29, 0.717) is 9.50 Å². The van der Waals surface area contributed by atoms with Crippen LogP contribution in [0.3, 0.4) is 0 Å². The van der Waals surface area contributed by atoms with Crippen molar-refractivity contribution in [2.24, 2.45) is 5.14 Å². The standard InChI is InChI=1S/C6H5BrClNO2S/c7-5-3-4(8)1-2-6(5)12(9,10)11/h1-3H,(H2,9,10,11). The molecule has 12 heavy (non-hydrogen) atoms. The molecule has 0 unspecified atom stereocenters. The molecular weight excluding hydrogens is 265 g/mol. The molecule has 0 aliphatic rings. The van der Waals surface area contributed by atoms with E-state index < -0.39 is 10.0 Å². The van der Waals surface area contributed by atoms with Gasteiger partial charge < -0.3 is 0 Å². The highest BCUT2D eigenvalue weighted by atomic mass is 79.9. The molecule has 0 saturated carbocycles. The predicted octanol–water partition coefficient (Wildman–Crippen LogP) is 1.75.